The van der Waals surface area contributed by atoms with E-state index in [0.29, 0.717) is 6.04 Å². The largest absolute Gasteiger partial charge is 0.355 e. The summed E-state index contributed by atoms with van der Waals surface area (Å²) in [6.07, 6.45) is 3.10. The molecule has 4 heteroatoms. The van der Waals surface area contributed by atoms with Crippen LogP contribution in [0.3, 0.4) is 0 Å². The first-order chi connectivity index (χ1) is 8.08. The number of nitrogens with zero attached hydrogens (tertiary/aromatic N) is 3. The SMILES string of the molecule is C[C@@H](N)c1ccc(N2CCC(N(C)C)C2)nc1. The van der Waals surface area contributed by atoms with Crippen LogP contribution in [0.4, 0.5) is 5.82 Å². The van der Waals surface area contributed by atoms with Crippen LogP contribution in [-0.2, 0) is 0 Å². The van der Waals surface area contributed by atoms with E-state index in [-0.39, 0.29) is 6.04 Å². The smallest absolute Gasteiger partial charge is 0.128 e. The van der Waals surface area contributed by atoms with Crippen LogP contribution in [0.25, 0.3) is 0 Å². The topological polar surface area (TPSA) is 45.4 Å². The summed E-state index contributed by atoms with van der Waals surface area (Å²) in [4.78, 5) is 9.13. The first-order valence-electron chi connectivity index (χ1n) is 6.21. The molecule has 1 saturated heterocycles. The molecule has 0 bridgehead atoms. The van der Waals surface area contributed by atoms with Gasteiger partial charge in [-0.2, -0.15) is 0 Å². The Morgan fingerprint density at radius 3 is 2.71 bits per heavy atom. The fourth-order valence-electron chi connectivity index (χ4n) is 2.23. The zero-order valence-corrected chi connectivity index (χ0v) is 10.9. The van der Waals surface area contributed by atoms with Gasteiger partial charge in [0.25, 0.3) is 0 Å². The highest BCUT2D eigenvalue weighted by Crippen LogP contribution is 2.21. The summed E-state index contributed by atoms with van der Waals surface area (Å²) >= 11 is 0. The molecular formula is C13H22N4. The maximum absolute atomic E-state index is 5.82. The normalized spacial score (nSPS) is 22.2. The number of nitrogens with two attached hydrogens (primary N) is 1. The molecule has 1 aromatic rings. The van der Waals surface area contributed by atoms with Crippen LogP contribution in [0.5, 0.6) is 0 Å². The van der Waals surface area contributed by atoms with Crippen molar-refractivity contribution in [1.82, 2.24) is 9.88 Å². The van der Waals surface area contributed by atoms with Crippen molar-refractivity contribution in [3.05, 3.63) is 23.9 Å². The number of anilines is 1. The highest BCUT2D eigenvalue weighted by molar-refractivity contribution is 5.41. The van der Waals surface area contributed by atoms with E-state index in [1.54, 1.807) is 0 Å². The summed E-state index contributed by atoms with van der Waals surface area (Å²) in [5.41, 5.74) is 6.91. The number of hydrogen-bond acceptors (Lipinski definition) is 4. The van der Waals surface area contributed by atoms with Crippen LogP contribution in [0.2, 0.25) is 0 Å². The third kappa shape index (κ3) is 2.76. The van der Waals surface area contributed by atoms with Gasteiger partial charge in [0.1, 0.15) is 5.82 Å². The number of aromatic nitrogens is 1. The second kappa shape index (κ2) is 5.02. The van der Waals surface area contributed by atoms with Gasteiger partial charge in [-0.25, -0.2) is 4.98 Å². The summed E-state index contributed by atoms with van der Waals surface area (Å²) in [7, 11) is 4.28. The predicted molar refractivity (Wildman–Crippen MR) is 71.1 cm³/mol. The first-order valence-corrected chi connectivity index (χ1v) is 6.21. The lowest BCUT2D eigenvalue weighted by Gasteiger charge is -2.21. The van der Waals surface area contributed by atoms with Gasteiger partial charge in [0.2, 0.25) is 0 Å². The fraction of sp³-hybridized carbons (Fsp3) is 0.615. The van der Waals surface area contributed by atoms with Crippen molar-refractivity contribution in [2.45, 2.75) is 25.4 Å². The summed E-state index contributed by atoms with van der Waals surface area (Å²) in [5, 5.41) is 0. The van der Waals surface area contributed by atoms with Gasteiger partial charge in [0, 0.05) is 31.4 Å². The Labute approximate surface area is 103 Å². The first kappa shape index (κ1) is 12.3. The van der Waals surface area contributed by atoms with Crippen LogP contribution in [0.15, 0.2) is 18.3 Å². The van der Waals surface area contributed by atoms with E-state index in [1.165, 1.54) is 6.42 Å². The Hall–Kier alpha value is -1.13. The number of likely N-dealkylation sites (N-methyl/N-ethyl adjacent to an activating group) is 1. The van der Waals surface area contributed by atoms with Crippen LogP contribution in [-0.4, -0.2) is 43.1 Å². The number of rotatable bonds is 3. The molecule has 94 valence electrons. The van der Waals surface area contributed by atoms with Gasteiger partial charge in [-0.05, 0) is 39.1 Å². The Bertz CT molecular complexity index is 358. The quantitative estimate of drug-likeness (QED) is 0.855. The van der Waals surface area contributed by atoms with E-state index >= 15 is 0 Å². The van der Waals surface area contributed by atoms with Crippen molar-refractivity contribution >= 4 is 5.82 Å². The van der Waals surface area contributed by atoms with Crippen molar-refractivity contribution in [2.75, 3.05) is 32.1 Å². The number of pyridine rings is 1. The molecular weight excluding hydrogens is 212 g/mol. The molecule has 0 aromatic carbocycles. The Morgan fingerprint density at radius 1 is 1.47 bits per heavy atom. The minimum absolute atomic E-state index is 0.0599. The van der Waals surface area contributed by atoms with E-state index < -0.39 is 0 Å². The molecule has 0 aliphatic carbocycles. The lowest BCUT2D eigenvalue weighted by atomic mass is 10.1. The monoisotopic (exact) mass is 234 g/mol. The second-order valence-corrected chi connectivity index (χ2v) is 5.09. The average Bonchev–Trinajstić information content (AvgIpc) is 2.78. The van der Waals surface area contributed by atoms with Gasteiger partial charge in [-0.1, -0.05) is 6.07 Å². The highest BCUT2D eigenvalue weighted by atomic mass is 15.3. The van der Waals surface area contributed by atoms with E-state index in [2.05, 4.69) is 41.0 Å². The lowest BCUT2D eigenvalue weighted by Crippen LogP contribution is -2.31. The molecule has 1 unspecified atom stereocenters. The lowest BCUT2D eigenvalue weighted by molar-refractivity contribution is 0.315. The van der Waals surface area contributed by atoms with Crippen LogP contribution >= 0.6 is 0 Å². The van der Waals surface area contributed by atoms with Crippen molar-refractivity contribution in [3.63, 3.8) is 0 Å². The standard InChI is InChI=1S/C13H22N4/c1-10(14)11-4-5-13(15-8-11)17-7-6-12(9-17)16(2)3/h4-5,8,10,12H,6-7,9,14H2,1-3H3/t10-,12?/m1/s1. The van der Waals surface area contributed by atoms with Gasteiger partial charge in [0.15, 0.2) is 0 Å². The maximum Gasteiger partial charge on any atom is 0.128 e. The minimum atomic E-state index is 0.0599. The molecule has 0 radical (unpaired) electrons. The van der Waals surface area contributed by atoms with Gasteiger partial charge in [0.05, 0.1) is 0 Å². The van der Waals surface area contributed by atoms with E-state index in [4.69, 9.17) is 5.73 Å². The van der Waals surface area contributed by atoms with Crippen LogP contribution < -0.4 is 10.6 Å². The van der Waals surface area contributed by atoms with Crippen LogP contribution in [0, 0.1) is 0 Å². The number of hydrogen-bond donors (Lipinski definition) is 1. The third-order valence-electron chi connectivity index (χ3n) is 3.51. The van der Waals surface area contributed by atoms with Crippen molar-refractivity contribution in [2.24, 2.45) is 5.73 Å². The molecule has 0 spiro atoms. The molecule has 2 N–H and O–H groups in total. The summed E-state index contributed by atoms with van der Waals surface area (Å²) < 4.78 is 0. The third-order valence-corrected chi connectivity index (χ3v) is 3.51. The van der Waals surface area contributed by atoms with Gasteiger partial charge in [-0.15, -0.1) is 0 Å². The van der Waals surface area contributed by atoms with Crippen molar-refractivity contribution in [3.8, 4) is 0 Å². The molecule has 1 fully saturated rings. The average molecular weight is 234 g/mol. The summed E-state index contributed by atoms with van der Waals surface area (Å²) in [5.74, 6) is 1.07. The molecule has 17 heavy (non-hydrogen) atoms. The molecule has 2 atom stereocenters. The zero-order valence-electron chi connectivity index (χ0n) is 10.9. The second-order valence-electron chi connectivity index (χ2n) is 5.09. The Balaban J connectivity index is 2.04. The zero-order chi connectivity index (χ0) is 12.4. The van der Waals surface area contributed by atoms with E-state index in [9.17, 15) is 0 Å². The van der Waals surface area contributed by atoms with Gasteiger partial charge >= 0.3 is 0 Å². The molecule has 2 heterocycles. The van der Waals surface area contributed by atoms with Crippen LogP contribution in [0.1, 0.15) is 24.9 Å². The Morgan fingerprint density at radius 2 is 2.24 bits per heavy atom. The fourth-order valence-corrected chi connectivity index (χ4v) is 2.23. The van der Waals surface area contributed by atoms with Crippen molar-refractivity contribution < 1.29 is 0 Å². The summed E-state index contributed by atoms with van der Waals surface area (Å²) in [6.45, 7) is 4.14. The summed E-state index contributed by atoms with van der Waals surface area (Å²) in [6, 6.07) is 4.86. The predicted octanol–water partition coefficient (Wildman–Crippen LogP) is 1.24. The highest BCUT2D eigenvalue weighted by Gasteiger charge is 2.24. The van der Waals surface area contributed by atoms with E-state index in [1.807, 2.05) is 13.1 Å². The molecule has 2 rings (SSSR count). The van der Waals surface area contributed by atoms with Gasteiger partial charge < -0.3 is 15.5 Å². The molecule has 1 aliphatic rings. The molecule has 0 amide bonds. The molecule has 0 saturated carbocycles. The van der Waals surface area contributed by atoms with E-state index in [0.717, 1.165) is 24.5 Å². The van der Waals surface area contributed by atoms with Gasteiger partial charge in [-0.3, -0.25) is 0 Å². The molecule has 1 aromatic heterocycles. The Kier molecular flexibility index (Phi) is 3.64. The molecule has 4 nitrogen and oxygen atoms in total. The molecule has 1 aliphatic heterocycles. The van der Waals surface area contributed by atoms with Crippen molar-refractivity contribution in [1.29, 1.82) is 0 Å². The minimum Gasteiger partial charge on any atom is -0.355 e. The maximum atomic E-state index is 5.82.